The first-order valence-corrected chi connectivity index (χ1v) is 5.73. The highest BCUT2D eigenvalue weighted by atomic mass is 16.6. The summed E-state index contributed by atoms with van der Waals surface area (Å²) in [5.74, 6) is -1.57. The molecule has 2 N–H and O–H groups in total. The smallest absolute Gasteiger partial charge is 0.342 e. The number of anilines is 1. The van der Waals surface area contributed by atoms with E-state index in [-0.39, 0.29) is 5.91 Å². The summed E-state index contributed by atoms with van der Waals surface area (Å²) >= 11 is 0. The Bertz CT molecular complexity index is 556. The first-order valence-electron chi connectivity index (χ1n) is 5.73. The number of carbonyl (C=O) groups is 2. The largest absolute Gasteiger partial charge is 0.477 e. The van der Waals surface area contributed by atoms with E-state index in [0.717, 1.165) is 12.1 Å². The zero-order chi connectivity index (χ0) is 15.4. The Morgan fingerprint density at radius 2 is 2.00 bits per heavy atom. The summed E-state index contributed by atoms with van der Waals surface area (Å²) in [6.45, 7) is 1.61. The normalized spacial score (nSPS) is 11.6. The molecule has 8 nitrogen and oxygen atoms in total. The number of hydrogen-bond acceptors (Lipinski definition) is 5. The number of likely N-dealkylation sites (N-methyl/N-ethyl adjacent to an activating group) is 1. The molecule has 8 heteroatoms. The molecular formula is C12H15N3O5. The third-order valence-corrected chi connectivity index (χ3v) is 2.62. The predicted molar refractivity (Wildman–Crippen MR) is 71.8 cm³/mol. The summed E-state index contributed by atoms with van der Waals surface area (Å²) in [5, 5.41) is 22.5. The summed E-state index contributed by atoms with van der Waals surface area (Å²) in [5.41, 5.74) is -0.608. The van der Waals surface area contributed by atoms with Crippen LogP contribution < -0.4 is 5.32 Å². The molecule has 0 radical (unpaired) electrons. The molecule has 0 aromatic heterocycles. The molecule has 0 heterocycles. The number of nitrogens with zero attached hydrogens (tertiary/aromatic N) is 2. The van der Waals surface area contributed by atoms with E-state index in [2.05, 4.69) is 5.32 Å². The highest BCUT2D eigenvalue weighted by Gasteiger charge is 2.21. The number of rotatable bonds is 5. The highest BCUT2D eigenvalue weighted by Crippen LogP contribution is 2.23. The van der Waals surface area contributed by atoms with Crippen molar-refractivity contribution >= 4 is 23.3 Å². The number of aromatic carboxylic acids is 1. The predicted octanol–water partition coefficient (Wildman–Crippen LogP) is 1.18. The van der Waals surface area contributed by atoms with Gasteiger partial charge in [-0.2, -0.15) is 0 Å². The van der Waals surface area contributed by atoms with Crippen LogP contribution >= 0.6 is 0 Å². The molecule has 20 heavy (non-hydrogen) atoms. The summed E-state index contributed by atoms with van der Waals surface area (Å²) < 4.78 is 0. The van der Waals surface area contributed by atoms with Gasteiger partial charge in [0.1, 0.15) is 11.6 Å². The summed E-state index contributed by atoms with van der Waals surface area (Å²) in [7, 11) is 3.19. The van der Waals surface area contributed by atoms with Crippen molar-refractivity contribution in [3.63, 3.8) is 0 Å². The van der Waals surface area contributed by atoms with Gasteiger partial charge in [0.15, 0.2) is 0 Å². The number of amides is 1. The topological polar surface area (TPSA) is 113 Å². The number of carbonyl (C=O) groups excluding carboxylic acids is 1. The number of nitro groups is 1. The Balaban J connectivity index is 3.04. The highest BCUT2D eigenvalue weighted by molar-refractivity contribution is 5.93. The van der Waals surface area contributed by atoms with Crippen molar-refractivity contribution in [3.05, 3.63) is 33.9 Å². The van der Waals surface area contributed by atoms with Crippen molar-refractivity contribution < 1.29 is 19.6 Å². The van der Waals surface area contributed by atoms with Crippen molar-refractivity contribution in [2.75, 3.05) is 19.4 Å². The van der Waals surface area contributed by atoms with E-state index < -0.39 is 28.2 Å². The van der Waals surface area contributed by atoms with E-state index in [1.165, 1.54) is 11.0 Å². The Morgan fingerprint density at radius 1 is 1.40 bits per heavy atom. The van der Waals surface area contributed by atoms with Crippen LogP contribution in [0.4, 0.5) is 11.4 Å². The molecule has 0 aliphatic heterocycles. The van der Waals surface area contributed by atoms with Gasteiger partial charge in [-0.15, -0.1) is 0 Å². The molecule has 0 bridgehead atoms. The molecule has 1 aromatic rings. The van der Waals surface area contributed by atoms with Gasteiger partial charge < -0.3 is 15.3 Å². The average molecular weight is 281 g/mol. The molecule has 0 spiro atoms. The van der Waals surface area contributed by atoms with Gasteiger partial charge >= 0.3 is 5.97 Å². The van der Waals surface area contributed by atoms with Gasteiger partial charge in [0.25, 0.3) is 5.69 Å². The van der Waals surface area contributed by atoms with Crippen molar-refractivity contribution in [1.82, 2.24) is 4.90 Å². The third-order valence-electron chi connectivity index (χ3n) is 2.62. The van der Waals surface area contributed by atoms with E-state index in [1.807, 2.05) is 0 Å². The molecular weight excluding hydrogens is 266 g/mol. The average Bonchev–Trinajstić information content (AvgIpc) is 2.37. The fourth-order valence-corrected chi connectivity index (χ4v) is 1.65. The Kier molecular flexibility index (Phi) is 4.63. The lowest BCUT2D eigenvalue weighted by Gasteiger charge is -2.18. The fourth-order valence-electron chi connectivity index (χ4n) is 1.65. The van der Waals surface area contributed by atoms with Crippen LogP contribution in [0.3, 0.4) is 0 Å². The lowest BCUT2D eigenvalue weighted by atomic mass is 10.1. The quantitative estimate of drug-likeness (QED) is 0.619. The molecule has 0 saturated heterocycles. The molecule has 1 unspecified atom stereocenters. The minimum atomic E-state index is -1.37. The minimum Gasteiger partial charge on any atom is -0.477 e. The summed E-state index contributed by atoms with van der Waals surface area (Å²) in [6, 6.07) is 3.04. The SMILES string of the molecule is CC(Nc1ccc(C(=O)O)c([N+](=O)[O-])c1)C(=O)N(C)C. The minimum absolute atomic E-state index is 0.199. The number of hydrogen-bond donors (Lipinski definition) is 2. The number of carboxylic acid groups (broad SMARTS) is 1. The molecule has 1 atom stereocenters. The van der Waals surface area contributed by atoms with E-state index in [0.29, 0.717) is 5.69 Å². The third kappa shape index (κ3) is 3.44. The molecule has 1 amide bonds. The molecule has 0 aliphatic carbocycles. The van der Waals surface area contributed by atoms with Crippen LogP contribution in [-0.2, 0) is 4.79 Å². The van der Waals surface area contributed by atoms with Gasteiger partial charge in [0.05, 0.1) is 4.92 Å². The molecule has 108 valence electrons. The van der Waals surface area contributed by atoms with Crippen molar-refractivity contribution in [1.29, 1.82) is 0 Å². The van der Waals surface area contributed by atoms with Crippen LogP contribution in [0, 0.1) is 10.1 Å². The zero-order valence-corrected chi connectivity index (χ0v) is 11.3. The molecule has 1 aromatic carbocycles. The van der Waals surface area contributed by atoms with Gasteiger partial charge in [-0.1, -0.05) is 0 Å². The van der Waals surface area contributed by atoms with Gasteiger partial charge in [-0.05, 0) is 19.1 Å². The second kappa shape index (κ2) is 6.00. The van der Waals surface area contributed by atoms with Gasteiger partial charge in [-0.25, -0.2) is 4.79 Å². The van der Waals surface area contributed by atoms with Gasteiger partial charge in [0.2, 0.25) is 5.91 Å². The van der Waals surface area contributed by atoms with Gasteiger partial charge in [-0.3, -0.25) is 14.9 Å². The lowest BCUT2D eigenvalue weighted by Crippen LogP contribution is -2.36. The van der Waals surface area contributed by atoms with E-state index in [9.17, 15) is 19.7 Å². The van der Waals surface area contributed by atoms with Gasteiger partial charge in [0, 0.05) is 25.8 Å². The van der Waals surface area contributed by atoms with Crippen LogP contribution in [0.25, 0.3) is 0 Å². The monoisotopic (exact) mass is 281 g/mol. The Hall–Kier alpha value is -2.64. The zero-order valence-electron chi connectivity index (χ0n) is 11.3. The molecule has 0 fully saturated rings. The van der Waals surface area contributed by atoms with E-state index >= 15 is 0 Å². The standard InChI is InChI=1S/C12H15N3O5/c1-7(11(16)14(2)3)13-8-4-5-9(12(17)18)10(6-8)15(19)20/h4-7,13H,1-3H3,(H,17,18). The van der Waals surface area contributed by atoms with Crippen LogP contribution in [-0.4, -0.2) is 46.9 Å². The van der Waals surface area contributed by atoms with Crippen molar-refractivity contribution in [2.24, 2.45) is 0 Å². The van der Waals surface area contributed by atoms with E-state index in [4.69, 9.17) is 5.11 Å². The lowest BCUT2D eigenvalue weighted by molar-refractivity contribution is -0.385. The number of carboxylic acids is 1. The van der Waals surface area contributed by atoms with Crippen LogP contribution in [0.5, 0.6) is 0 Å². The summed E-state index contributed by atoms with van der Waals surface area (Å²) in [4.78, 5) is 34.0. The van der Waals surface area contributed by atoms with Crippen molar-refractivity contribution in [3.8, 4) is 0 Å². The van der Waals surface area contributed by atoms with Crippen LogP contribution in [0.2, 0.25) is 0 Å². The van der Waals surface area contributed by atoms with Crippen LogP contribution in [0.15, 0.2) is 18.2 Å². The first-order chi connectivity index (χ1) is 9.23. The summed E-state index contributed by atoms with van der Waals surface area (Å²) in [6.07, 6.45) is 0. The first kappa shape index (κ1) is 15.4. The fraction of sp³-hybridized carbons (Fsp3) is 0.333. The molecule has 1 rings (SSSR count). The van der Waals surface area contributed by atoms with E-state index in [1.54, 1.807) is 21.0 Å². The van der Waals surface area contributed by atoms with Crippen LogP contribution in [0.1, 0.15) is 17.3 Å². The number of benzene rings is 1. The van der Waals surface area contributed by atoms with Crippen molar-refractivity contribution in [2.45, 2.75) is 13.0 Å². The second-order valence-corrected chi connectivity index (χ2v) is 4.39. The maximum atomic E-state index is 11.7. The maximum absolute atomic E-state index is 11.7. The number of nitrogens with one attached hydrogen (secondary N) is 1. The molecule has 0 saturated carbocycles. The molecule has 0 aliphatic rings. The maximum Gasteiger partial charge on any atom is 0.342 e. The Morgan fingerprint density at radius 3 is 2.45 bits per heavy atom. The Labute approximate surface area is 115 Å². The second-order valence-electron chi connectivity index (χ2n) is 4.39. The number of nitro benzene ring substituents is 1.